The highest BCUT2D eigenvalue weighted by molar-refractivity contribution is 5.79. The van der Waals surface area contributed by atoms with Gasteiger partial charge >= 0.3 is 0 Å². The molecule has 4 heteroatoms. The predicted octanol–water partition coefficient (Wildman–Crippen LogP) is 1.35. The monoisotopic (exact) mass is 267 g/mol. The molecule has 1 aliphatic carbocycles. The van der Waals surface area contributed by atoms with Gasteiger partial charge in [-0.15, -0.1) is 0 Å². The van der Waals surface area contributed by atoms with Gasteiger partial charge in [0.25, 0.3) is 0 Å². The molecular weight excluding hydrogens is 238 g/mol. The summed E-state index contributed by atoms with van der Waals surface area (Å²) in [5.41, 5.74) is 5.74. The van der Waals surface area contributed by atoms with Crippen molar-refractivity contribution in [2.75, 3.05) is 26.2 Å². The van der Waals surface area contributed by atoms with Crippen molar-refractivity contribution in [2.24, 2.45) is 17.6 Å². The van der Waals surface area contributed by atoms with Crippen LogP contribution in [0.4, 0.5) is 0 Å². The first-order chi connectivity index (χ1) is 9.22. The van der Waals surface area contributed by atoms with Gasteiger partial charge in [0.2, 0.25) is 5.91 Å². The summed E-state index contributed by atoms with van der Waals surface area (Å²) in [4.78, 5) is 14.7. The van der Waals surface area contributed by atoms with E-state index in [1.807, 2.05) is 0 Å². The maximum absolute atomic E-state index is 12.2. The Morgan fingerprint density at radius 1 is 1.26 bits per heavy atom. The summed E-state index contributed by atoms with van der Waals surface area (Å²) in [5.74, 6) is 0.815. The van der Waals surface area contributed by atoms with E-state index in [4.69, 9.17) is 5.73 Å². The molecule has 19 heavy (non-hydrogen) atoms. The van der Waals surface area contributed by atoms with Gasteiger partial charge in [0.05, 0.1) is 0 Å². The van der Waals surface area contributed by atoms with E-state index < -0.39 is 0 Å². The molecule has 1 saturated heterocycles. The average Bonchev–Trinajstić information content (AvgIpc) is 2.89. The standard InChI is InChI=1S/C15H29N3O/c1-12-5-2-3-9-18(12)10-8-17-15(19)14-7-4-6-13(14)11-16/h12-14H,2-11,16H2,1H3,(H,17,19)/t12?,13-,14-/m1/s1. The molecule has 1 unspecified atom stereocenters. The molecule has 0 radical (unpaired) electrons. The second kappa shape index (κ2) is 7.25. The third kappa shape index (κ3) is 3.93. The molecule has 3 atom stereocenters. The number of carbonyl (C=O) groups excluding carboxylic acids is 1. The molecule has 2 fully saturated rings. The lowest BCUT2D eigenvalue weighted by Crippen LogP contribution is -2.44. The fourth-order valence-corrected chi connectivity index (χ4v) is 3.61. The topological polar surface area (TPSA) is 58.4 Å². The highest BCUT2D eigenvalue weighted by atomic mass is 16.1. The first-order valence-corrected chi connectivity index (χ1v) is 7.94. The average molecular weight is 267 g/mol. The van der Waals surface area contributed by atoms with Crippen molar-refractivity contribution in [1.29, 1.82) is 0 Å². The Kier molecular flexibility index (Phi) is 5.64. The van der Waals surface area contributed by atoms with Gasteiger partial charge in [0, 0.05) is 25.0 Å². The molecule has 0 aromatic rings. The Morgan fingerprint density at radius 2 is 2.11 bits per heavy atom. The Hall–Kier alpha value is -0.610. The lowest BCUT2D eigenvalue weighted by molar-refractivity contribution is -0.126. The highest BCUT2D eigenvalue weighted by Gasteiger charge is 2.31. The number of piperidine rings is 1. The minimum Gasteiger partial charge on any atom is -0.355 e. The van der Waals surface area contributed by atoms with Crippen LogP contribution in [0.25, 0.3) is 0 Å². The highest BCUT2D eigenvalue weighted by Crippen LogP contribution is 2.30. The molecule has 110 valence electrons. The summed E-state index contributed by atoms with van der Waals surface area (Å²) in [7, 11) is 0. The van der Waals surface area contributed by atoms with Crippen LogP contribution in [0.15, 0.2) is 0 Å². The molecular formula is C15H29N3O. The second-order valence-corrected chi connectivity index (χ2v) is 6.20. The van der Waals surface area contributed by atoms with Crippen molar-refractivity contribution < 1.29 is 4.79 Å². The van der Waals surface area contributed by atoms with Crippen molar-refractivity contribution in [3.63, 3.8) is 0 Å². The summed E-state index contributed by atoms with van der Waals surface area (Å²) in [5, 5.41) is 3.12. The van der Waals surface area contributed by atoms with E-state index in [1.165, 1.54) is 25.8 Å². The molecule has 1 aliphatic heterocycles. The Morgan fingerprint density at radius 3 is 2.84 bits per heavy atom. The number of carbonyl (C=O) groups is 1. The van der Waals surface area contributed by atoms with Gasteiger partial charge in [-0.25, -0.2) is 0 Å². The van der Waals surface area contributed by atoms with Gasteiger partial charge in [-0.3, -0.25) is 9.69 Å². The summed E-state index contributed by atoms with van der Waals surface area (Å²) in [6, 6.07) is 0.675. The molecule has 3 N–H and O–H groups in total. The number of rotatable bonds is 5. The molecule has 1 heterocycles. The first-order valence-electron chi connectivity index (χ1n) is 7.94. The third-order valence-corrected chi connectivity index (χ3v) is 4.94. The zero-order valence-electron chi connectivity index (χ0n) is 12.2. The molecule has 1 amide bonds. The number of hydrogen-bond donors (Lipinski definition) is 2. The number of nitrogens with one attached hydrogen (secondary N) is 1. The summed E-state index contributed by atoms with van der Waals surface area (Å²) in [6.45, 7) is 5.92. The number of amides is 1. The maximum atomic E-state index is 12.2. The van der Waals surface area contributed by atoms with E-state index in [0.717, 1.165) is 32.4 Å². The maximum Gasteiger partial charge on any atom is 0.223 e. The van der Waals surface area contributed by atoms with Gasteiger partial charge in [-0.05, 0) is 51.6 Å². The van der Waals surface area contributed by atoms with E-state index in [0.29, 0.717) is 18.5 Å². The van der Waals surface area contributed by atoms with Crippen LogP contribution in [0, 0.1) is 11.8 Å². The smallest absolute Gasteiger partial charge is 0.223 e. The van der Waals surface area contributed by atoms with Gasteiger partial charge in [0.15, 0.2) is 0 Å². The van der Waals surface area contributed by atoms with Crippen LogP contribution in [0.1, 0.15) is 45.4 Å². The van der Waals surface area contributed by atoms with Gasteiger partial charge in [-0.1, -0.05) is 12.8 Å². The summed E-state index contributed by atoms with van der Waals surface area (Å²) in [6.07, 6.45) is 7.25. The molecule has 0 spiro atoms. The van der Waals surface area contributed by atoms with Crippen LogP contribution in [0.5, 0.6) is 0 Å². The quantitative estimate of drug-likeness (QED) is 0.790. The normalized spacial score (nSPS) is 32.4. The summed E-state index contributed by atoms with van der Waals surface area (Å²) >= 11 is 0. The van der Waals surface area contributed by atoms with Crippen molar-refractivity contribution in [3.05, 3.63) is 0 Å². The molecule has 1 saturated carbocycles. The number of likely N-dealkylation sites (tertiary alicyclic amines) is 1. The fourth-order valence-electron chi connectivity index (χ4n) is 3.61. The van der Waals surface area contributed by atoms with E-state index in [-0.39, 0.29) is 11.8 Å². The van der Waals surface area contributed by atoms with E-state index in [1.54, 1.807) is 0 Å². The van der Waals surface area contributed by atoms with E-state index in [2.05, 4.69) is 17.1 Å². The molecule has 2 rings (SSSR count). The van der Waals surface area contributed by atoms with Crippen LogP contribution < -0.4 is 11.1 Å². The zero-order valence-corrected chi connectivity index (χ0v) is 12.2. The summed E-state index contributed by atoms with van der Waals surface area (Å²) < 4.78 is 0. The largest absolute Gasteiger partial charge is 0.355 e. The van der Waals surface area contributed by atoms with Crippen LogP contribution in [-0.2, 0) is 4.79 Å². The van der Waals surface area contributed by atoms with Gasteiger partial charge in [-0.2, -0.15) is 0 Å². The molecule has 0 aromatic heterocycles. The number of nitrogens with two attached hydrogens (primary N) is 1. The lowest BCUT2D eigenvalue weighted by Gasteiger charge is -2.33. The van der Waals surface area contributed by atoms with E-state index >= 15 is 0 Å². The number of hydrogen-bond acceptors (Lipinski definition) is 3. The minimum absolute atomic E-state index is 0.170. The molecule has 4 nitrogen and oxygen atoms in total. The second-order valence-electron chi connectivity index (χ2n) is 6.20. The predicted molar refractivity (Wildman–Crippen MR) is 77.8 cm³/mol. The van der Waals surface area contributed by atoms with E-state index in [9.17, 15) is 4.79 Å². The lowest BCUT2D eigenvalue weighted by atomic mass is 9.95. The van der Waals surface area contributed by atoms with Crippen LogP contribution >= 0.6 is 0 Å². The number of nitrogens with zero attached hydrogens (tertiary/aromatic N) is 1. The van der Waals surface area contributed by atoms with Crippen molar-refractivity contribution in [2.45, 2.75) is 51.5 Å². The van der Waals surface area contributed by atoms with Crippen LogP contribution in [0.2, 0.25) is 0 Å². The zero-order chi connectivity index (χ0) is 13.7. The van der Waals surface area contributed by atoms with Crippen molar-refractivity contribution in [1.82, 2.24) is 10.2 Å². The minimum atomic E-state index is 0.170. The van der Waals surface area contributed by atoms with Gasteiger partial charge in [0.1, 0.15) is 0 Å². The van der Waals surface area contributed by atoms with Crippen LogP contribution in [0.3, 0.4) is 0 Å². The molecule has 2 aliphatic rings. The van der Waals surface area contributed by atoms with Crippen molar-refractivity contribution in [3.8, 4) is 0 Å². The Balaban J connectivity index is 1.68. The van der Waals surface area contributed by atoms with Gasteiger partial charge < -0.3 is 11.1 Å². The Bertz CT molecular complexity index is 295. The third-order valence-electron chi connectivity index (χ3n) is 4.94. The fraction of sp³-hybridized carbons (Fsp3) is 0.933. The molecule has 0 bridgehead atoms. The first kappa shape index (κ1) is 14.8. The van der Waals surface area contributed by atoms with Crippen LogP contribution in [-0.4, -0.2) is 43.0 Å². The SMILES string of the molecule is CC1CCCCN1CCNC(=O)[C@@H]1CCC[C@@H]1CN. The Labute approximate surface area is 117 Å². The molecule has 0 aromatic carbocycles. The van der Waals surface area contributed by atoms with Crippen molar-refractivity contribution >= 4 is 5.91 Å².